The number of rotatable bonds is 2. The lowest BCUT2D eigenvalue weighted by atomic mass is 10.0. The number of ether oxygens (including phenoxy) is 1. The van der Waals surface area contributed by atoms with E-state index in [2.05, 4.69) is 30.8 Å². The lowest BCUT2D eigenvalue weighted by Gasteiger charge is -2.28. The Kier molecular flexibility index (Phi) is 4.74. The van der Waals surface area contributed by atoms with Crippen molar-refractivity contribution in [3.05, 3.63) is 58.4 Å². The fourth-order valence-electron chi connectivity index (χ4n) is 3.59. The molecule has 0 saturated carbocycles. The van der Waals surface area contributed by atoms with Crippen LogP contribution in [0.3, 0.4) is 0 Å². The summed E-state index contributed by atoms with van der Waals surface area (Å²) in [6.07, 6.45) is 1.87. The van der Waals surface area contributed by atoms with Gasteiger partial charge in [-0.15, -0.1) is 5.10 Å². The molecule has 0 bridgehead atoms. The summed E-state index contributed by atoms with van der Waals surface area (Å²) < 4.78 is 7.22. The SMILES string of the molecule is Cc1c2c(nn1P)Nc1cc(N3CCOCC3)ncc1C(c1ccccc1Cl)=N2. The summed E-state index contributed by atoms with van der Waals surface area (Å²) in [6, 6.07) is 9.79. The van der Waals surface area contributed by atoms with Crippen molar-refractivity contribution in [2.75, 3.05) is 36.5 Å². The predicted octanol–water partition coefficient (Wildman–Crippen LogP) is 3.94. The number of pyridine rings is 1. The van der Waals surface area contributed by atoms with Crippen molar-refractivity contribution in [2.45, 2.75) is 6.92 Å². The van der Waals surface area contributed by atoms with E-state index in [1.807, 2.05) is 37.4 Å². The molecule has 148 valence electrons. The van der Waals surface area contributed by atoms with E-state index in [-0.39, 0.29) is 0 Å². The number of anilines is 3. The average molecular weight is 427 g/mol. The van der Waals surface area contributed by atoms with Gasteiger partial charge in [-0.3, -0.25) is 4.45 Å². The van der Waals surface area contributed by atoms with Gasteiger partial charge >= 0.3 is 0 Å². The Bertz CT molecular complexity index is 1120. The Hall–Kier alpha value is -2.47. The summed E-state index contributed by atoms with van der Waals surface area (Å²) in [6.45, 7) is 5.05. The van der Waals surface area contributed by atoms with Crippen LogP contribution in [0.5, 0.6) is 0 Å². The molecule has 0 spiro atoms. The van der Waals surface area contributed by atoms with Gasteiger partial charge in [0.05, 0.1) is 30.3 Å². The zero-order valence-corrected chi connectivity index (χ0v) is 17.8. The molecule has 1 unspecified atom stereocenters. The van der Waals surface area contributed by atoms with Crippen molar-refractivity contribution in [1.29, 1.82) is 0 Å². The maximum Gasteiger partial charge on any atom is 0.179 e. The van der Waals surface area contributed by atoms with Crippen LogP contribution in [0.2, 0.25) is 5.02 Å². The Morgan fingerprint density at radius 1 is 1.17 bits per heavy atom. The first-order valence-corrected chi connectivity index (χ1v) is 10.3. The molecule has 1 atom stereocenters. The standard InChI is InChI=1S/C20H20ClN6OP/c1-12-18-20(25-27(12)29)23-16-10-17(26-6-8-28-9-7-26)22-11-14(16)19(24-18)13-4-2-3-5-15(13)21/h2-5,10-11H,6-9,29H2,1H3,(H,23,25). The summed E-state index contributed by atoms with van der Waals surface area (Å²) in [5.41, 5.74) is 5.17. The summed E-state index contributed by atoms with van der Waals surface area (Å²) in [5, 5.41) is 8.69. The molecule has 4 heterocycles. The van der Waals surface area contributed by atoms with Crippen LogP contribution >= 0.6 is 21.0 Å². The predicted molar refractivity (Wildman–Crippen MR) is 119 cm³/mol. The van der Waals surface area contributed by atoms with Gasteiger partial charge in [0.2, 0.25) is 0 Å². The van der Waals surface area contributed by atoms with E-state index in [1.165, 1.54) is 0 Å². The number of hydrogen-bond donors (Lipinski definition) is 1. The first kappa shape index (κ1) is 18.6. The molecule has 1 N–H and O–H groups in total. The molecule has 5 rings (SSSR count). The summed E-state index contributed by atoms with van der Waals surface area (Å²) >= 11 is 6.53. The number of morpholine rings is 1. The molecule has 7 nitrogen and oxygen atoms in total. The van der Waals surface area contributed by atoms with E-state index in [0.29, 0.717) is 24.1 Å². The van der Waals surface area contributed by atoms with Crippen LogP contribution in [0.25, 0.3) is 0 Å². The zero-order valence-electron chi connectivity index (χ0n) is 15.9. The summed E-state index contributed by atoms with van der Waals surface area (Å²) in [4.78, 5) is 11.9. The van der Waals surface area contributed by atoms with Gasteiger partial charge in [0.1, 0.15) is 11.5 Å². The van der Waals surface area contributed by atoms with Crippen molar-refractivity contribution in [3.63, 3.8) is 0 Å². The third kappa shape index (κ3) is 3.29. The van der Waals surface area contributed by atoms with Crippen LogP contribution in [0.15, 0.2) is 41.5 Å². The number of halogens is 1. The van der Waals surface area contributed by atoms with Crippen LogP contribution in [-0.4, -0.2) is 46.5 Å². The molecule has 2 aliphatic heterocycles. The lowest BCUT2D eigenvalue weighted by Crippen LogP contribution is -2.36. The number of nitrogens with zero attached hydrogens (tertiary/aromatic N) is 5. The Morgan fingerprint density at radius 3 is 2.76 bits per heavy atom. The van der Waals surface area contributed by atoms with Gasteiger partial charge in [-0.05, 0) is 22.4 Å². The highest BCUT2D eigenvalue weighted by molar-refractivity contribution is 7.14. The fourth-order valence-corrected chi connectivity index (χ4v) is 4.05. The molecule has 3 aromatic rings. The van der Waals surface area contributed by atoms with Gasteiger partial charge in [0.25, 0.3) is 0 Å². The van der Waals surface area contributed by atoms with E-state index in [0.717, 1.165) is 52.8 Å². The van der Waals surface area contributed by atoms with Crippen molar-refractivity contribution < 1.29 is 4.74 Å². The van der Waals surface area contributed by atoms with Gasteiger partial charge in [0, 0.05) is 41.5 Å². The number of fused-ring (bicyclic) bond motifs is 2. The topological polar surface area (TPSA) is 67.6 Å². The second kappa shape index (κ2) is 7.41. The van der Waals surface area contributed by atoms with Crippen molar-refractivity contribution in [1.82, 2.24) is 14.5 Å². The molecule has 29 heavy (non-hydrogen) atoms. The largest absolute Gasteiger partial charge is 0.378 e. The van der Waals surface area contributed by atoms with Gasteiger partial charge in [-0.1, -0.05) is 29.8 Å². The normalized spacial score (nSPS) is 15.8. The number of aliphatic imine (C=N–C) groups is 1. The fraction of sp³-hybridized carbons (Fsp3) is 0.250. The average Bonchev–Trinajstić information content (AvgIpc) is 2.91. The van der Waals surface area contributed by atoms with E-state index >= 15 is 0 Å². The highest BCUT2D eigenvalue weighted by Crippen LogP contribution is 2.39. The quantitative estimate of drug-likeness (QED) is 0.492. The number of nitrogens with one attached hydrogen (secondary N) is 1. The molecular formula is C20H20ClN6OP. The molecule has 1 fully saturated rings. The maximum atomic E-state index is 6.53. The molecule has 0 amide bonds. The van der Waals surface area contributed by atoms with Crippen molar-refractivity contribution in [3.8, 4) is 0 Å². The molecular weight excluding hydrogens is 407 g/mol. The van der Waals surface area contributed by atoms with Crippen molar-refractivity contribution >= 4 is 49.7 Å². The van der Waals surface area contributed by atoms with Crippen LogP contribution in [0.1, 0.15) is 16.8 Å². The zero-order chi connectivity index (χ0) is 20.0. The minimum atomic E-state index is 0.647. The highest BCUT2D eigenvalue weighted by atomic mass is 35.5. The number of aromatic nitrogens is 3. The summed E-state index contributed by atoms with van der Waals surface area (Å²) in [5.74, 6) is 1.61. The van der Waals surface area contributed by atoms with Crippen molar-refractivity contribution in [2.24, 2.45) is 4.99 Å². The first-order chi connectivity index (χ1) is 14.1. The Labute approximate surface area is 176 Å². The molecule has 2 aliphatic rings. The molecule has 1 aromatic carbocycles. The number of hydrogen-bond acceptors (Lipinski definition) is 6. The van der Waals surface area contributed by atoms with E-state index in [4.69, 9.17) is 26.3 Å². The second-order valence-electron chi connectivity index (χ2n) is 6.98. The molecule has 0 radical (unpaired) electrons. The first-order valence-electron chi connectivity index (χ1n) is 9.40. The van der Waals surface area contributed by atoms with Gasteiger partial charge in [0.15, 0.2) is 5.82 Å². The Balaban J connectivity index is 1.69. The second-order valence-corrected chi connectivity index (χ2v) is 7.88. The minimum absolute atomic E-state index is 0.647. The molecule has 0 aliphatic carbocycles. The summed E-state index contributed by atoms with van der Waals surface area (Å²) in [7, 11) is 2.60. The highest BCUT2D eigenvalue weighted by Gasteiger charge is 2.25. The monoisotopic (exact) mass is 426 g/mol. The van der Waals surface area contributed by atoms with Crippen LogP contribution in [-0.2, 0) is 4.74 Å². The third-order valence-electron chi connectivity index (χ3n) is 5.20. The van der Waals surface area contributed by atoms with Gasteiger partial charge in [-0.25, -0.2) is 9.98 Å². The van der Waals surface area contributed by atoms with E-state index in [9.17, 15) is 0 Å². The lowest BCUT2D eigenvalue weighted by molar-refractivity contribution is 0.122. The molecule has 1 saturated heterocycles. The minimum Gasteiger partial charge on any atom is -0.378 e. The number of benzene rings is 1. The molecule has 9 heteroatoms. The molecule has 2 aromatic heterocycles. The van der Waals surface area contributed by atoms with Gasteiger partial charge in [-0.2, -0.15) is 0 Å². The van der Waals surface area contributed by atoms with Gasteiger partial charge < -0.3 is 15.0 Å². The van der Waals surface area contributed by atoms with E-state index < -0.39 is 0 Å². The van der Waals surface area contributed by atoms with E-state index in [1.54, 1.807) is 4.45 Å². The van der Waals surface area contributed by atoms with Crippen LogP contribution in [0, 0.1) is 6.92 Å². The van der Waals surface area contributed by atoms with Crippen LogP contribution in [0.4, 0.5) is 23.0 Å². The third-order valence-corrected chi connectivity index (χ3v) is 6.04. The van der Waals surface area contributed by atoms with Crippen LogP contribution < -0.4 is 10.2 Å². The smallest absolute Gasteiger partial charge is 0.179 e. The maximum absolute atomic E-state index is 6.53. The Morgan fingerprint density at radius 2 is 1.97 bits per heavy atom.